The van der Waals surface area contributed by atoms with E-state index in [4.69, 9.17) is 23.2 Å². The van der Waals surface area contributed by atoms with E-state index in [2.05, 4.69) is 20.7 Å². The number of aromatic carboxylic acids is 1. The number of hydrogen-bond donors (Lipinski definition) is 3. The van der Waals surface area contributed by atoms with Gasteiger partial charge in [-0.05, 0) is 30.7 Å². The van der Waals surface area contributed by atoms with Crippen LogP contribution in [0.2, 0.25) is 10.0 Å². The summed E-state index contributed by atoms with van der Waals surface area (Å²) in [4.78, 5) is 41.0. The van der Waals surface area contributed by atoms with Gasteiger partial charge < -0.3 is 15.7 Å². The van der Waals surface area contributed by atoms with Gasteiger partial charge in [-0.15, -0.1) is 0 Å². The molecule has 0 radical (unpaired) electrons. The highest BCUT2D eigenvalue weighted by atomic mass is 35.5. The van der Waals surface area contributed by atoms with Gasteiger partial charge in [-0.3, -0.25) is 9.78 Å². The smallest absolute Gasteiger partial charge is 0.337 e. The molecule has 10 nitrogen and oxygen atoms in total. The van der Waals surface area contributed by atoms with Crippen LogP contribution in [0.15, 0.2) is 65.7 Å². The number of nitrogens with zero attached hydrogens (tertiary/aromatic N) is 4. The number of carboxylic acid groups (broad SMARTS) is 1. The van der Waals surface area contributed by atoms with Crippen molar-refractivity contribution < 1.29 is 14.7 Å². The molecule has 0 saturated heterocycles. The van der Waals surface area contributed by atoms with Crippen LogP contribution >= 0.6 is 23.2 Å². The number of rotatable bonds is 6. The molecule has 0 spiro atoms. The van der Waals surface area contributed by atoms with Crippen LogP contribution in [-0.4, -0.2) is 31.9 Å². The monoisotopic (exact) mass is 548 g/mol. The molecule has 0 fully saturated rings. The lowest BCUT2D eigenvalue weighted by Gasteiger charge is -2.13. The number of pyridine rings is 1. The molecule has 12 heteroatoms. The third-order valence-corrected chi connectivity index (χ3v) is 6.06. The average molecular weight is 549 g/mol. The van der Waals surface area contributed by atoms with E-state index in [0.717, 1.165) is 0 Å². The number of nitriles is 1. The van der Waals surface area contributed by atoms with Crippen LogP contribution in [0, 0.1) is 11.3 Å². The fourth-order valence-corrected chi connectivity index (χ4v) is 4.18. The van der Waals surface area contributed by atoms with Crippen molar-refractivity contribution in [2.75, 3.05) is 10.6 Å². The number of carboxylic acids is 1. The van der Waals surface area contributed by atoms with E-state index in [-0.39, 0.29) is 39.1 Å². The van der Waals surface area contributed by atoms with Crippen molar-refractivity contribution >= 4 is 46.6 Å². The second-order valence-electron chi connectivity index (χ2n) is 7.85. The first kappa shape index (κ1) is 26.3. The second-order valence-corrected chi connectivity index (χ2v) is 8.66. The van der Waals surface area contributed by atoms with Gasteiger partial charge in [0.25, 0.3) is 5.56 Å². The zero-order chi connectivity index (χ0) is 27.4. The Hall–Kier alpha value is -4.72. The van der Waals surface area contributed by atoms with Crippen LogP contribution in [0.1, 0.15) is 22.8 Å². The first-order valence-corrected chi connectivity index (χ1v) is 11.9. The van der Waals surface area contributed by atoms with Gasteiger partial charge in [-0.25, -0.2) is 14.3 Å². The van der Waals surface area contributed by atoms with Gasteiger partial charge in [-0.1, -0.05) is 53.5 Å². The summed E-state index contributed by atoms with van der Waals surface area (Å²) >= 11 is 12.1. The molecule has 0 atom stereocenters. The van der Waals surface area contributed by atoms with Crippen molar-refractivity contribution in [1.29, 1.82) is 5.26 Å². The van der Waals surface area contributed by atoms with Crippen molar-refractivity contribution in [2.45, 2.75) is 13.5 Å². The number of halogens is 2. The molecule has 38 heavy (non-hydrogen) atoms. The summed E-state index contributed by atoms with van der Waals surface area (Å²) < 4.78 is 1.19. The lowest BCUT2D eigenvalue weighted by atomic mass is 9.94. The SMILES string of the molecule is CCn1nc(-c2cccc(-c3cccc(C(=O)O)c3C#N)c2)cc(NC(=O)Nc2c(Cl)cncc2Cl)c1=O. The Bertz CT molecular complexity index is 1660. The molecule has 2 aromatic carbocycles. The van der Waals surface area contributed by atoms with Crippen molar-refractivity contribution in [3.63, 3.8) is 0 Å². The van der Waals surface area contributed by atoms with Crippen LogP contribution < -0.4 is 16.2 Å². The van der Waals surface area contributed by atoms with Crippen LogP contribution in [0.25, 0.3) is 22.4 Å². The summed E-state index contributed by atoms with van der Waals surface area (Å²) in [5.74, 6) is -1.21. The second kappa shape index (κ2) is 11.1. The number of amides is 2. The summed E-state index contributed by atoms with van der Waals surface area (Å²) in [7, 11) is 0. The van der Waals surface area contributed by atoms with Crippen LogP contribution in [-0.2, 0) is 6.54 Å². The molecule has 2 aromatic heterocycles. The van der Waals surface area contributed by atoms with E-state index >= 15 is 0 Å². The predicted molar refractivity (Wildman–Crippen MR) is 144 cm³/mol. The normalized spacial score (nSPS) is 10.5. The van der Waals surface area contributed by atoms with Crippen LogP contribution in [0.4, 0.5) is 16.2 Å². The summed E-state index contributed by atoms with van der Waals surface area (Å²) in [5.41, 5.74) is 1.40. The summed E-state index contributed by atoms with van der Waals surface area (Å²) in [6.45, 7) is 1.95. The summed E-state index contributed by atoms with van der Waals surface area (Å²) in [5, 5.41) is 28.7. The Kier molecular flexibility index (Phi) is 7.71. The number of carbonyl (C=O) groups is 2. The van der Waals surface area contributed by atoms with Crippen molar-refractivity contribution in [2.24, 2.45) is 0 Å². The van der Waals surface area contributed by atoms with Crippen molar-refractivity contribution in [3.8, 4) is 28.5 Å². The molecular weight excluding hydrogens is 531 g/mol. The Morgan fingerprint density at radius 1 is 1.05 bits per heavy atom. The maximum Gasteiger partial charge on any atom is 0.337 e. The van der Waals surface area contributed by atoms with E-state index in [1.807, 2.05) is 6.07 Å². The number of benzene rings is 2. The number of aryl methyl sites for hydroxylation is 1. The molecule has 0 unspecified atom stereocenters. The highest BCUT2D eigenvalue weighted by Gasteiger charge is 2.17. The number of carbonyl (C=O) groups excluding carboxylic acids is 1. The third-order valence-electron chi connectivity index (χ3n) is 5.49. The highest BCUT2D eigenvalue weighted by Crippen LogP contribution is 2.31. The Balaban J connectivity index is 1.73. The first-order chi connectivity index (χ1) is 18.2. The molecule has 0 aliphatic carbocycles. The molecule has 4 rings (SSSR count). The summed E-state index contributed by atoms with van der Waals surface area (Å²) in [6.07, 6.45) is 2.63. The lowest BCUT2D eigenvalue weighted by molar-refractivity contribution is 0.0696. The standard InChI is InChI=1S/C26H18Cl2N6O4/c1-2-34-24(35)22(31-26(38)32-23-19(27)12-30-13-20(23)28)10-21(33-34)15-6-3-5-14(9-15)16-7-4-8-17(25(36)37)18(16)11-29/h3-10,12-13H,2H2,1H3,(H,36,37)(H2,30,31,32,38). The minimum atomic E-state index is -1.21. The van der Waals surface area contributed by atoms with Gasteiger partial charge in [-0.2, -0.15) is 10.4 Å². The minimum Gasteiger partial charge on any atom is -0.478 e. The fraction of sp³-hybridized carbons (Fsp3) is 0.0769. The predicted octanol–water partition coefficient (Wildman–Crippen LogP) is 5.51. The van der Waals surface area contributed by atoms with E-state index in [1.165, 1.54) is 29.2 Å². The quantitative estimate of drug-likeness (QED) is 0.287. The van der Waals surface area contributed by atoms with E-state index in [1.54, 1.807) is 43.3 Å². The number of urea groups is 1. The molecule has 0 saturated carbocycles. The zero-order valence-electron chi connectivity index (χ0n) is 19.7. The number of aromatic nitrogens is 3. The maximum absolute atomic E-state index is 12.9. The maximum atomic E-state index is 12.9. The van der Waals surface area contributed by atoms with Gasteiger partial charge in [0.1, 0.15) is 11.8 Å². The molecule has 4 aromatic rings. The fourth-order valence-electron chi connectivity index (χ4n) is 3.72. The Morgan fingerprint density at radius 2 is 1.74 bits per heavy atom. The number of hydrogen-bond acceptors (Lipinski definition) is 6. The van der Waals surface area contributed by atoms with Crippen LogP contribution in [0.5, 0.6) is 0 Å². The molecule has 190 valence electrons. The zero-order valence-corrected chi connectivity index (χ0v) is 21.2. The van der Waals surface area contributed by atoms with Gasteiger partial charge in [0, 0.05) is 30.1 Å². The van der Waals surface area contributed by atoms with Gasteiger partial charge >= 0.3 is 12.0 Å². The molecule has 2 amide bonds. The number of anilines is 2. The van der Waals surface area contributed by atoms with Crippen molar-refractivity contribution in [1.82, 2.24) is 14.8 Å². The Labute approximate surface area is 226 Å². The minimum absolute atomic E-state index is 0.0242. The molecule has 0 aliphatic rings. The molecule has 0 bridgehead atoms. The number of nitrogens with one attached hydrogen (secondary N) is 2. The van der Waals surface area contributed by atoms with E-state index in [0.29, 0.717) is 22.4 Å². The van der Waals surface area contributed by atoms with Gasteiger partial charge in [0.15, 0.2) is 0 Å². The van der Waals surface area contributed by atoms with Gasteiger partial charge in [0.05, 0.1) is 32.6 Å². The largest absolute Gasteiger partial charge is 0.478 e. The van der Waals surface area contributed by atoms with Gasteiger partial charge in [0.2, 0.25) is 0 Å². The molecule has 2 heterocycles. The lowest BCUT2D eigenvalue weighted by Crippen LogP contribution is -2.29. The highest BCUT2D eigenvalue weighted by molar-refractivity contribution is 6.39. The molecule has 3 N–H and O–H groups in total. The van der Waals surface area contributed by atoms with Crippen molar-refractivity contribution in [3.05, 3.63) is 92.5 Å². The Morgan fingerprint density at radius 3 is 2.39 bits per heavy atom. The summed E-state index contributed by atoms with van der Waals surface area (Å²) in [6, 6.07) is 14.1. The topological polar surface area (TPSA) is 150 Å². The van der Waals surface area contributed by atoms with E-state index in [9.17, 15) is 24.8 Å². The van der Waals surface area contributed by atoms with E-state index < -0.39 is 17.6 Å². The third kappa shape index (κ3) is 5.34. The molecule has 0 aliphatic heterocycles. The van der Waals surface area contributed by atoms with Crippen LogP contribution in [0.3, 0.4) is 0 Å². The molecular formula is C26H18Cl2N6O4. The first-order valence-electron chi connectivity index (χ1n) is 11.1. The average Bonchev–Trinajstić information content (AvgIpc) is 2.91.